The lowest BCUT2D eigenvalue weighted by Gasteiger charge is -2.10. The summed E-state index contributed by atoms with van der Waals surface area (Å²) in [6.45, 7) is 2.51. The van der Waals surface area contributed by atoms with Gasteiger partial charge in [0.15, 0.2) is 5.69 Å². The minimum atomic E-state index is -0.380. The van der Waals surface area contributed by atoms with Gasteiger partial charge in [0.1, 0.15) is 5.75 Å². The van der Waals surface area contributed by atoms with E-state index in [2.05, 4.69) is 15.3 Å². The monoisotopic (exact) mass is 323 g/mol. The molecule has 24 heavy (non-hydrogen) atoms. The number of hydrogen-bond acceptors (Lipinski definition) is 5. The van der Waals surface area contributed by atoms with Gasteiger partial charge in [-0.05, 0) is 43.3 Å². The molecule has 0 atom stereocenters. The Morgan fingerprint density at radius 1 is 1.04 bits per heavy atom. The lowest BCUT2D eigenvalue weighted by molar-refractivity contribution is 0.101. The van der Waals surface area contributed by atoms with Gasteiger partial charge in [-0.3, -0.25) is 4.79 Å². The maximum absolute atomic E-state index is 12.5. The first-order valence-corrected chi connectivity index (χ1v) is 7.56. The number of carbonyl (C=O) groups is 1. The van der Waals surface area contributed by atoms with E-state index in [1.54, 1.807) is 30.3 Å². The molecule has 0 aliphatic carbocycles. The van der Waals surface area contributed by atoms with Crippen LogP contribution in [0.3, 0.4) is 0 Å². The molecule has 0 radical (unpaired) electrons. The minimum absolute atomic E-state index is 0.144. The maximum Gasteiger partial charge on any atom is 0.279 e. The Balaban J connectivity index is 1.87. The fourth-order valence-electron chi connectivity index (χ4n) is 2.27. The van der Waals surface area contributed by atoms with Gasteiger partial charge >= 0.3 is 0 Å². The van der Waals surface area contributed by atoms with Crippen LogP contribution in [-0.4, -0.2) is 29.6 Å². The second-order valence-electron chi connectivity index (χ2n) is 4.98. The van der Waals surface area contributed by atoms with Crippen molar-refractivity contribution >= 4 is 22.6 Å². The number of para-hydroxylation sites is 2. The van der Waals surface area contributed by atoms with Crippen LogP contribution in [0.25, 0.3) is 11.0 Å². The van der Waals surface area contributed by atoms with Crippen molar-refractivity contribution in [2.45, 2.75) is 6.92 Å². The quantitative estimate of drug-likeness (QED) is 0.780. The minimum Gasteiger partial charge on any atom is -0.494 e. The van der Waals surface area contributed by atoms with Crippen molar-refractivity contribution in [3.05, 3.63) is 54.2 Å². The summed E-state index contributed by atoms with van der Waals surface area (Å²) in [7, 11) is 1.46. The van der Waals surface area contributed by atoms with Crippen LogP contribution < -0.4 is 14.8 Å². The molecule has 0 bridgehead atoms. The van der Waals surface area contributed by atoms with E-state index in [0.29, 0.717) is 23.3 Å². The van der Waals surface area contributed by atoms with E-state index in [4.69, 9.17) is 9.47 Å². The van der Waals surface area contributed by atoms with E-state index < -0.39 is 0 Å². The van der Waals surface area contributed by atoms with Crippen molar-refractivity contribution < 1.29 is 14.3 Å². The molecule has 0 saturated heterocycles. The number of aromatic nitrogens is 2. The number of nitrogens with one attached hydrogen (secondary N) is 1. The van der Waals surface area contributed by atoms with Crippen LogP contribution in [0.2, 0.25) is 0 Å². The predicted molar refractivity (Wildman–Crippen MR) is 91.7 cm³/mol. The van der Waals surface area contributed by atoms with Crippen molar-refractivity contribution in [1.82, 2.24) is 9.97 Å². The number of fused-ring (bicyclic) bond motifs is 1. The zero-order chi connectivity index (χ0) is 16.9. The Morgan fingerprint density at radius 2 is 1.71 bits per heavy atom. The topological polar surface area (TPSA) is 73.3 Å². The number of benzene rings is 2. The molecule has 2 aromatic carbocycles. The lowest BCUT2D eigenvalue weighted by Crippen LogP contribution is -2.16. The van der Waals surface area contributed by atoms with E-state index in [1.165, 1.54) is 7.11 Å². The average molecular weight is 323 g/mol. The Bertz CT molecular complexity index is 863. The summed E-state index contributed by atoms with van der Waals surface area (Å²) in [5, 5.41) is 2.79. The molecular weight excluding hydrogens is 306 g/mol. The summed E-state index contributed by atoms with van der Waals surface area (Å²) < 4.78 is 10.6. The van der Waals surface area contributed by atoms with Crippen LogP contribution in [0, 0.1) is 0 Å². The van der Waals surface area contributed by atoms with E-state index in [1.807, 2.05) is 25.1 Å². The first-order chi connectivity index (χ1) is 11.7. The molecular formula is C18H17N3O3. The summed E-state index contributed by atoms with van der Waals surface area (Å²) in [6.07, 6.45) is 0. The van der Waals surface area contributed by atoms with Crippen LogP contribution in [0.5, 0.6) is 11.6 Å². The molecule has 6 nitrogen and oxygen atoms in total. The summed E-state index contributed by atoms with van der Waals surface area (Å²) in [5.41, 5.74) is 2.09. The number of rotatable bonds is 5. The Morgan fingerprint density at radius 3 is 2.33 bits per heavy atom. The van der Waals surface area contributed by atoms with Crippen LogP contribution >= 0.6 is 0 Å². The number of hydrogen-bond donors (Lipinski definition) is 1. The highest BCUT2D eigenvalue weighted by Gasteiger charge is 2.17. The summed E-state index contributed by atoms with van der Waals surface area (Å²) >= 11 is 0. The van der Waals surface area contributed by atoms with Gasteiger partial charge in [0.2, 0.25) is 5.88 Å². The van der Waals surface area contributed by atoms with Crippen LogP contribution in [0.15, 0.2) is 48.5 Å². The van der Waals surface area contributed by atoms with Gasteiger partial charge in [0.05, 0.1) is 24.8 Å². The molecule has 1 N–H and O–H groups in total. The van der Waals surface area contributed by atoms with E-state index >= 15 is 0 Å². The predicted octanol–water partition coefficient (Wildman–Crippen LogP) is 3.29. The van der Waals surface area contributed by atoms with Crippen LogP contribution in [0.4, 0.5) is 5.69 Å². The van der Waals surface area contributed by atoms with Gasteiger partial charge < -0.3 is 14.8 Å². The fourth-order valence-corrected chi connectivity index (χ4v) is 2.27. The van der Waals surface area contributed by atoms with E-state index in [9.17, 15) is 4.79 Å². The second-order valence-corrected chi connectivity index (χ2v) is 4.98. The van der Waals surface area contributed by atoms with Crippen molar-refractivity contribution in [3.63, 3.8) is 0 Å². The number of carbonyl (C=O) groups excluding carboxylic acids is 1. The number of anilines is 1. The number of methoxy groups -OCH3 is 1. The molecule has 6 heteroatoms. The number of nitrogens with zero attached hydrogens (tertiary/aromatic N) is 2. The largest absolute Gasteiger partial charge is 0.494 e. The van der Waals surface area contributed by atoms with Crippen LogP contribution in [0.1, 0.15) is 17.4 Å². The molecule has 3 aromatic rings. The summed E-state index contributed by atoms with van der Waals surface area (Å²) in [6, 6.07) is 14.4. The van der Waals surface area contributed by atoms with Crippen LogP contribution in [-0.2, 0) is 0 Å². The molecule has 3 rings (SSSR count). The lowest BCUT2D eigenvalue weighted by atomic mass is 10.2. The number of amides is 1. The van der Waals surface area contributed by atoms with Gasteiger partial charge in [-0.15, -0.1) is 0 Å². The van der Waals surface area contributed by atoms with E-state index in [0.717, 1.165) is 5.75 Å². The molecule has 1 aromatic heterocycles. The highest BCUT2D eigenvalue weighted by molar-refractivity contribution is 6.05. The van der Waals surface area contributed by atoms with Crippen molar-refractivity contribution in [3.8, 4) is 11.6 Å². The third-order valence-corrected chi connectivity index (χ3v) is 3.37. The normalized spacial score (nSPS) is 10.4. The van der Waals surface area contributed by atoms with Crippen molar-refractivity contribution in [1.29, 1.82) is 0 Å². The Hall–Kier alpha value is -3.15. The SMILES string of the molecule is CCOc1ccc(NC(=O)c2nc3ccccc3nc2OC)cc1. The molecule has 122 valence electrons. The standard InChI is InChI=1S/C18H17N3O3/c1-3-24-13-10-8-12(9-11-13)19-17(22)16-18(23-2)21-15-7-5-4-6-14(15)20-16/h4-11H,3H2,1-2H3,(H,19,22). The van der Waals surface area contributed by atoms with Gasteiger partial charge in [-0.1, -0.05) is 12.1 Å². The third kappa shape index (κ3) is 3.27. The smallest absolute Gasteiger partial charge is 0.279 e. The zero-order valence-corrected chi connectivity index (χ0v) is 13.4. The van der Waals surface area contributed by atoms with E-state index in [-0.39, 0.29) is 17.5 Å². The summed E-state index contributed by atoms with van der Waals surface area (Å²) in [4.78, 5) is 21.2. The average Bonchev–Trinajstić information content (AvgIpc) is 2.62. The highest BCUT2D eigenvalue weighted by atomic mass is 16.5. The Labute approximate surface area is 139 Å². The van der Waals surface area contributed by atoms with Crippen molar-refractivity contribution in [2.24, 2.45) is 0 Å². The molecule has 1 heterocycles. The molecule has 0 saturated carbocycles. The van der Waals surface area contributed by atoms with Crippen molar-refractivity contribution in [2.75, 3.05) is 19.0 Å². The molecule has 0 aliphatic heterocycles. The molecule has 1 amide bonds. The summed E-state index contributed by atoms with van der Waals surface area (Å²) in [5.74, 6) is 0.560. The molecule has 0 unspecified atom stereocenters. The molecule has 0 spiro atoms. The van der Waals surface area contributed by atoms with Gasteiger partial charge in [-0.2, -0.15) is 0 Å². The maximum atomic E-state index is 12.5. The van der Waals surface area contributed by atoms with Gasteiger partial charge in [-0.25, -0.2) is 9.97 Å². The molecule has 0 fully saturated rings. The first-order valence-electron chi connectivity index (χ1n) is 7.56. The van der Waals surface area contributed by atoms with Gasteiger partial charge in [0.25, 0.3) is 5.91 Å². The number of ether oxygens (including phenoxy) is 2. The Kier molecular flexibility index (Phi) is 4.56. The third-order valence-electron chi connectivity index (χ3n) is 3.37. The zero-order valence-electron chi connectivity index (χ0n) is 13.4. The first kappa shape index (κ1) is 15.7. The fraction of sp³-hybridized carbons (Fsp3) is 0.167. The molecule has 0 aliphatic rings. The van der Waals surface area contributed by atoms with Gasteiger partial charge in [0, 0.05) is 5.69 Å². The highest BCUT2D eigenvalue weighted by Crippen LogP contribution is 2.21. The second kappa shape index (κ2) is 6.95.